The van der Waals surface area contributed by atoms with Crippen molar-refractivity contribution in [2.24, 2.45) is 0 Å². The first kappa shape index (κ1) is 25.4. The van der Waals surface area contributed by atoms with E-state index in [0.29, 0.717) is 55.7 Å². The molecule has 172 valence electrons. The summed E-state index contributed by atoms with van der Waals surface area (Å²) >= 11 is 6.08. The van der Waals surface area contributed by atoms with Crippen molar-refractivity contribution in [1.82, 2.24) is 25.5 Å². The van der Waals surface area contributed by atoms with Crippen molar-refractivity contribution in [3.8, 4) is 0 Å². The number of benzene rings is 1. The summed E-state index contributed by atoms with van der Waals surface area (Å²) in [6.45, 7) is 5.63. The third-order valence-corrected chi connectivity index (χ3v) is 6.00. The number of hydrogen-bond acceptors (Lipinski definition) is 7. The zero-order chi connectivity index (χ0) is 22.6. The van der Waals surface area contributed by atoms with E-state index in [9.17, 15) is 9.00 Å². The molecule has 1 amide bonds. The average Bonchev–Trinajstić information content (AvgIpc) is 3.16. The fourth-order valence-electron chi connectivity index (χ4n) is 3.03. The molecule has 2 N–H and O–H groups in total. The highest BCUT2D eigenvalue weighted by Gasteiger charge is 2.15. The van der Waals surface area contributed by atoms with Gasteiger partial charge >= 0.3 is 0 Å². The number of carbonyl (C=O) groups is 1. The number of rotatable bonds is 14. The van der Waals surface area contributed by atoms with Gasteiger partial charge in [-0.3, -0.25) is 9.00 Å². The second kappa shape index (κ2) is 13.5. The molecule has 1 unspecified atom stereocenters. The molecule has 2 rings (SSSR count). The van der Waals surface area contributed by atoms with E-state index in [1.54, 1.807) is 4.68 Å². The summed E-state index contributed by atoms with van der Waals surface area (Å²) in [6, 6.07) is 5.83. The first-order valence-corrected chi connectivity index (χ1v) is 12.1. The molecule has 1 heterocycles. The van der Waals surface area contributed by atoms with Crippen LogP contribution in [0.5, 0.6) is 0 Å². The molecule has 0 aliphatic carbocycles. The van der Waals surface area contributed by atoms with Crippen molar-refractivity contribution < 1.29 is 18.8 Å². The predicted molar refractivity (Wildman–Crippen MR) is 119 cm³/mol. The fraction of sp³-hybridized carbons (Fsp3) is 0.600. The van der Waals surface area contributed by atoms with Crippen LogP contribution in [0, 0.1) is 6.92 Å². The second-order valence-electron chi connectivity index (χ2n) is 7.34. The highest BCUT2D eigenvalue weighted by molar-refractivity contribution is 7.85. The summed E-state index contributed by atoms with van der Waals surface area (Å²) < 4.78 is 19.0. The molecule has 0 spiro atoms. The van der Waals surface area contributed by atoms with E-state index in [2.05, 4.69) is 20.8 Å². The third kappa shape index (κ3) is 9.42. The number of aromatic nitrogens is 4. The lowest BCUT2D eigenvalue weighted by Crippen LogP contribution is -2.28. The molecule has 0 bridgehead atoms. The molecular formula is C20H30ClN5O4S. The van der Waals surface area contributed by atoms with Gasteiger partial charge in [-0.15, -0.1) is 5.10 Å². The number of aliphatic hydroxyl groups is 1. The largest absolute Gasteiger partial charge is 0.395 e. The van der Waals surface area contributed by atoms with Gasteiger partial charge in [0.05, 0.1) is 19.8 Å². The van der Waals surface area contributed by atoms with Crippen molar-refractivity contribution in [3.63, 3.8) is 0 Å². The van der Waals surface area contributed by atoms with Crippen molar-refractivity contribution in [1.29, 1.82) is 0 Å². The van der Waals surface area contributed by atoms with E-state index in [0.717, 1.165) is 11.1 Å². The van der Waals surface area contributed by atoms with Gasteiger partial charge < -0.3 is 15.2 Å². The van der Waals surface area contributed by atoms with Crippen LogP contribution in [0.2, 0.25) is 5.02 Å². The Hall–Kier alpha value is -1.88. The summed E-state index contributed by atoms with van der Waals surface area (Å²) in [7, 11) is -1.11. The van der Waals surface area contributed by atoms with Crippen molar-refractivity contribution in [2.75, 3.05) is 31.3 Å². The molecule has 11 heteroatoms. The number of nitrogens with zero attached hydrogens (tertiary/aromatic N) is 4. The smallest absolute Gasteiger partial charge is 0.220 e. The van der Waals surface area contributed by atoms with Crippen LogP contribution in [0.4, 0.5) is 0 Å². The molecule has 2 atom stereocenters. The van der Waals surface area contributed by atoms with Crippen LogP contribution >= 0.6 is 11.6 Å². The number of carbonyl (C=O) groups excluding carboxylic acids is 1. The molecule has 0 radical (unpaired) electrons. The minimum Gasteiger partial charge on any atom is -0.395 e. The highest BCUT2D eigenvalue weighted by atomic mass is 35.5. The molecular weight excluding hydrogens is 442 g/mol. The lowest BCUT2D eigenvalue weighted by molar-refractivity contribution is -0.121. The standard InChI is InChI=1S/C20H30ClN5O4S/c1-15-10-17(12-18(21)11-15)14-30-13-16(2)20-23-24-25-26(20)6-3-4-19(28)22-5-8-31(29)9-7-27/h10-12,16,27H,3-9,13-14H2,1-2H3,(H,22,28)/t16-,31?/m1/s1. The van der Waals surface area contributed by atoms with Gasteiger partial charge in [0.25, 0.3) is 0 Å². The maximum absolute atomic E-state index is 11.9. The number of nitrogens with one attached hydrogen (secondary N) is 1. The van der Waals surface area contributed by atoms with E-state index < -0.39 is 10.8 Å². The number of tetrazole rings is 1. The maximum atomic E-state index is 11.9. The first-order chi connectivity index (χ1) is 14.9. The first-order valence-electron chi connectivity index (χ1n) is 10.2. The topological polar surface area (TPSA) is 119 Å². The third-order valence-electron chi connectivity index (χ3n) is 4.48. The quantitative estimate of drug-likeness (QED) is 0.429. The molecule has 1 aromatic carbocycles. The number of halogens is 1. The summed E-state index contributed by atoms with van der Waals surface area (Å²) in [4.78, 5) is 11.9. The Morgan fingerprint density at radius 3 is 2.90 bits per heavy atom. The van der Waals surface area contributed by atoms with Gasteiger partial charge in [0.1, 0.15) is 0 Å². The molecule has 2 aromatic rings. The van der Waals surface area contributed by atoms with Gasteiger partial charge in [-0.2, -0.15) is 0 Å². The Bertz CT molecular complexity index is 844. The SMILES string of the molecule is Cc1cc(Cl)cc(COC[C@@H](C)c2nnnn2CCCC(=O)NCCS(=O)CCO)c1. The van der Waals surface area contributed by atoms with Gasteiger partial charge in [0.15, 0.2) is 5.82 Å². The predicted octanol–water partition coefficient (Wildman–Crippen LogP) is 1.59. The minimum absolute atomic E-state index is 0.00869. The summed E-state index contributed by atoms with van der Waals surface area (Å²) in [5.74, 6) is 1.17. The van der Waals surface area contributed by atoms with E-state index >= 15 is 0 Å². The van der Waals surface area contributed by atoms with Crippen molar-refractivity contribution in [3.05, 3.63) is 40.2 Å². The maximum Gasteiger partial charge on any atom is 0.220 e. The lowest BCUT2D eigenvalue weighted by atomic mass is 10.1. The Kier molecular flexibility index (Phi) is 11.1. The van der Waals surface area contributed by atoms with Gasteiger partial charge in [-0.05, 0) is 47.0 Å². The molecule has 1 aromatic heterocycles. The summed E-state index contributed by atoms with van der Waals surface area (Å²) in [5.41, 5.74) is 2.11. The van der Waals surface area contributed by atoms with Crippen molar-refractivity contribution in [2.45, 2.75) is 45.8 Å². The molecule has 0 fully saturated rings. The van der Waals surface area contributed by atoms with Gasteiger partial charge in [0, 0.05) is 52.8 Å². The molecule has 31 heavy (non-hydrogen) atoms. The van der Waals surface area contributed by atoms with E-state index in [1.165, 1.54) is 0 Å². The Morgan fingerprint density at radius 2 is 2.16 bits per heavy atom. The van der Waals surface area contributed by atoms with Crippen LogP contribution in [-0.4, -0.2) is 66.7 Å². The number of aliphatic hydroxyl groups excluding tert-OH is 1. The Labute approximate surface area is 190 Å². The van der Waals surface area contributed by atoms with Crippen molar-refractivity contribution >= 4 is 28.3 Å². The molecule has 0 saturated heterocycles. The molecule has 9 nitrogen and oxygen atoms in total. The molecule has 0 saturated carbocycles. The van der Waals surface area contributed by atoms with Crippen LogP contribution in [-0.2, 0) is 33.5 Å². The van der Waals surface area contributed by atoms with Gasteiger partial charge in [-0.1, -0.05) is 24.6 Å². The number of aryl methyl sites for hydroxylation is 2. The molecule has 0 aliphatic heterocycles. The monoisotopic (exact) mass is 471 g/mol. The Balaban J connectivity index is 1.71. The summed E-state index contributed by atoms with van der Waals surface area (Å²) in [5, 5.41) is 24.0. The normalized spacial score (nSPS) is 13.2. The van der Waals surface area contributed by atoms with Crippen LogP contribution < -0.4 is 5.32 Å². The second-order valence-corrected chi connectivity index (χ2v) is 9.47. The van der Waals surface area contributed by atoms with Crippen LogP contribution in [0.15, 0.2) is 18.2 Å². The zero-order valence-electron chi connectivity index (χ0n) is 17.9. The average molecular weight is 472 g/mol. The molecule has 0 aliphatic rings. The zero-order valence-corrected chi connectivity index (χ0v) is 19.5. The summed E-state index contributed by atoms with van der Waals surface area (Å²) in [6.07, 6.45) is 0.907. The van der Waals surface area contributed by atoms with E-state index in [-0.39, 0.29) is 24.2 Å². The van der Waals surface area contributed by atoms with E-state index in [1.807, 2.05) is 32.0 Å². The lowest BCUT2D eigenvalue weighted by Gasteiger charge is -2.13. The highest BCUT2D eigenvalue weighted by Crippen LogP contribution is 2.17. The number of amides is 1. The number of hydrogen-bond donors (Lipinski definition) is 2. The van der Waals surface area contributed by atoms with Crippen LogP contribution in [0.25, 0.3) is 0 Å². The van der Waals surface area contributed by atoms with Crippen LogP contribution in [0.3, 0.4) is 0 Å². The van der Waals surface area contributed by atoms with Gasteiger partial charge in [-0.25, -0.2) is 4.68 Å². The fourth-order valence-corrected chi connectivity index (χ4v) is 4.08. The number of ether oxygens (including phenoxy) is 1. The van der Waals surface area contributed by atoms with E-state index in [4.69, 9.17) is 21.4 Å². The van der Waals surface area contributed by atoms with Gasteiger partial charge in [0.2, 0.25) is 5.91 Å². The van der Waals surface area contributed by atoms with Crippen LogP contribution in [0.1, 0.15) is 42.6 Å². The minimum atomic E-state index is -1.11. The Morgan fingerprint density at radius 1 is 1.35 bits per heavy atom.